The fourth-order valence-electron chi connectivity index (χ4n) is 3.53. The molecule has 0 nitrogen and oxygen atoms in total. The Kier molecular flexibility index (Phi) is 0.717. The van der Waals surface area contributed by atoms with Crippen LogP contribution in [-0.4, -0.2) is 0 Å². The van der Waals surface area contributed by atoms with Gasteiger partial charge in [-0.25, -0.2) is 0 Å². The zero-order chi connectivity index (χ0) is 5.84. The molecule has 3 rings (SSSR count). The number of rotatable bonds is 0. The van der Waals surface area contributed by atoms with Gasteiger partial charge >= 0.3 is 0 Å². The van der Waals surface area contributed by atoms with Gasteiger partial charge in [0.1, 0.15) is 0 Å². The third kappa shape index (κ3) is 0.426. The molecule has 9 heavy (non-hydrogen) atoms. The maximum absolute atomic E-state index is 1.61. The third-order valence-corrected chi connectivity index (χ3v) is 3.99. The van der Waals surface area contributed by atoms with E-state index < -0.39 is 0 Å². The molecular weight excluding hydrogens is 108 g/mol. The van der Waals surface area contributed by atoms with Crippen LogP contribution in [0, 0.1) is 23.7 Å². The monoisotopic (exact) mass is 122 g/mol. The molecule has 0 spiro atoms. The van der Waals surface area contributed by atoms with E-state index >= 15 is 0 Å². The zero-order valence-electron chi connectivity index (χ0n) is 5.84. The molecule has 3 saturated carbocycles. The van der Waals surface area contributed by atoms with Crippen molar-refractivity contribution in [2.45, 2.75) is 32.1 Å². The van der Waals surface area contributed by atoms with Gasteiger partial charge in [-0.15, -0.1) is 0 Å². The minimum atomic E-state index is 1.21. The molecule has 3 aliphatic carbocycles. The molecule has 0 radical (unpaired) electrons. The summed E-state index contributed by atoms with van der Waals surface area (Å²) in [5.74, 6) is 4.89. The molecule has 0 aromatic carbocycles. The molecule has 4 atom stereocenters. The van der Waals surface area contributed by atoms with Gasteiger partial charge in [0, 0.05) is 0 Å². The Morgan fingerprint density at radius 2 is 1.44 bits per heavy atom. The van der Waals surface area contributed by atoms with Crippen molar-refractivity contribution in [2.75, 3.05) is 0 Å². The first-order valence-corrected chi connectivity index (χ1v) is 4.45. The highest BCUT2D eigenvalue weighted by Gasteiger charge is 2.54. The quantitative estimate of drug-likeness (QED) is 0.463. The highest BCUT2D eigenvalue weighted by Crippen LogP contribution is 2.63. The molecule has 50 valence electrons. The third-order valence-electron chi connectivity index (χ3n) is 3.99. The normalized spacial score (nSPS) is 61.3. The van der Waals surface area contributed by atoms with Gasteiger partial charge in [-0.05, 0) is 36.5 Å². The van der Waals surface area contributed by atoms with Gasteiger partial charge in [-0.3, -0.25) is 0 Å². The van der Waals surface area contributed by atoms with Crippen LogP contribution in [0.1, 0.15) is 32.1 Å². The summed E-state index contributed by atoms with van der Waals surface area (Å²) in [6.07, 6.45) is 7.94. The average Bonchev–Trinajstić information content (AvgIpc) is 1.73. The van der Waals surface area contributed by atoms with E-state index in [2.05, 4.69) is 0 Å². The summed E-state index contributed by atoms with van der Waals surface area (Å²) < 4.78 is 0. The van der Waals surface area contributed by atoms with Crippen molar-refractivity contribution < 1.29 is 0 Å². The minimum Gasteiger partial charge on any atom is -0.0528 e. The highest BCUT2D eigenvalue weighted by atomic mass is 14.6. The molecule has 0 aromatic heterocycles. The minimum absolute atomic E-state index is 1.21. The lowest BCUT2D eigenvalue weighted by atomic mass is 9.44. The molecule has 2 unspecified atom stereocenters. The van der Waals surface area contributed by atoms with Gasteiger partial charge in [0.15, 0.2) is 0 Å². The maximum atomic E-state index is 1.61. The van der Waals surface area contributed by atoms with Gasteiger partial charge in [0.2, 0.25) is 0 Å². The number of hydrogen-bond acceptors (Lipinski definition) is 0. The molecule has 0 amide bonds. The van der Waals surface area contributed by atoms with Crippen LogP contribution in [0.2, 0.25) is 0 Å². The molecule has 0 aliphatic heterocycles. The second-order valence-corrected chi connectivity index (χ2v) is 4.26. The van der Waals surface area contributed by atoms with Gasteiger partial charge in [0.25, 0.3) is 0 Å². The second-order valence-electron chi connectivity index (χ2n) is 4.26. The second kappa shape index (κ2) is 1.36. The Morgan fingerprint density at radius 1 is 0.778 bits per heavy atom. The average molecular weight is 122 g/mol. The van der Waals surface area contributed by atoms with Gasteiger partial charge < -0.3 is 0 Å². The van der Waals surface area contributed by atoms with E-state index in [1.807, 2.05) is 0 Å². The SMILES string of the molecule is C1C[C@@H]2CC3C[C@H](C1)C32. The summed E-state index contributed by atoms with van der Waals surface area (Å²) in [5.41, 5.74) is 0. The van der Waals surface area contributed by atoms with Crippen molar-refractivity contribution in [2.24, 2.45) is 23.7 Å². The molecule has 3 fully saturated rings. The summed E-state index contributed by atoms with van der Waals surface area (Å²) >= 11 is 0. The molecule has 0 heteroatoms. The van der Waals surface area contributed by atoms with Crippen LogP contribution in [0.25, 0.3) is 0 Å². The summed E-state index contributed by atoms with van der Waals surface area (Å²) in [5, 5.41) is 0. The van der Waals surface area contributed by atoms with Gasteiger partial charge in [0.05, 0.1) is 0 Å². The fourth-order valence-corrected chi connectivity index (χ4v) is 3.53. The Labute approximate surface area is 56.6 Å². The lowest BCUT2D eigenvalue weighted by Crippen LogP contribution is -2.53. The molecule has 0 bridgehead atoms. The summed E-state index contributed by atoms with van der Waals surface area (Å²) in [7, 11) is 0. The highest BCUT2D eigenvalue weighted by molar-refractivity contribution is 5.04. The Balaban J connectivity index is 1.84. The predicted molar refractivity (Wildman–Crippen MR) is 37.0 cm³/mol. The van der Waals surface area contributed by atoms with Crippen LogP contribution in [0.3, 0.4) is 0 Å². The molecule has 0 N–H and O–H groups in total. The maximum Gasteiger partial charge on any atom is -0.0329 e. The van der Waals surface area contributed by atoms with Crippen LogP contribution in [0.15, 0.2) is 0 Å². The summed E-state index contributed by atoms with van der Waals surface area (Å²) in [4.78, 5) is 0. The first kappa shape index (κ1) is 4.76. The Hall–Kier alpha value is 0. The first-order valence-electron chi connectivity index (χ1n) is 4.45. The number of hydrogen-bond donors (Lipinski definition) is 0. The molecule has 0 saturated heterocycles. The van der Waals surface area contributed by atoms with Crippen LogP contribution in [0.4, 0.5) is 0 Å². The standard InChI is InChI=1S/C9H14/c1-2-6-4-8-5-7(3-1)9(6)8/h6-9H,1-5H2/t6-,7+,8?,9?. The van der Waals surface area contributed by atoms with Crippen molar-refractivity contribution in [1.29, 1.82) is 0 Å². The van der Waals surface area contributed by atoms with E-state index in [1.54, 1.807) is 32.1 Å². The van der Waals surface area contributed by atoms with Crippen molar-refractivity contribution in [3.8, 4) is 0 Å². The lowest BCUT2D eigenvalue weighted by molar-refractivity contribution is -0.119. The van der Waals surface area contributed by atoms with E-state index in [0.29, 0.717) is 0 Å². The van der Waals surface area contributed by atoms with Crippen molar-refractivity contribution in [3.05, 3.63) is 0 Å². The molecule has 3 aliphatic rings. The summed E-state index contributed by atoms with van der Waals surface area (Å²) in [6, 6.07) is 0. The Morgan fingerprint density at radius 3 is 1.89 bits per heavy atom. The largest absolute Gasteiger partial charge is 0.0528 e. The van der Waals surface area contributed by atoms with Gasteiger partial charge in [-0.2, -0.15) is 0 Å². The Bertz CT molecular complexity index is 121. The van der Waals surface area contributed by atoms with E-state index in [0.717, 1.165) is 0 Å². The van der Waals surface area contributed by atoms with E-state index in [1.165, 1.54) is 23.7 Å². The van der Waals surface area contributed by atoms with Crippen molar-refractivity contribution in [1.82, 2.24) is 0 Å². The topological polar surface area (TPSA) is 0 Å². The molecule has 0 aromatic rings. The van der Waals surface area contributed by atoms with E-state index in [9.17, 15) is 0 Å². The van der Waals surface area contributed by atoms with Crippen LogP contribution in [0.5, 0.6) is 0 Å². The first-order chi connectivity index (χ1) is 4.45. The van der Waals surface area contributed by atoms with Crippen molar-refractivity contribution >= 4 is 0 Å². The van der Waals surface area contributed by atoms with E-state index in [4.69, 9.17) is 0 Å². The van der Waals surface area contributed by atoms with E-state index in [-0.39, 0.29) is 0 Å². The molecular formula is C9H14. The zero-order valence-corrected chi connectivity index (χ0v) is 5.84. The van der Waals surface area contributed by atoms with Crippen LogP contribution >= 0.6 is 0 Å². The lowest BCUT2D eigenvalue weighted by Gasteiger charge is -2.61. The van der Waals surface area contributed by atoms with Crippen LogP contribution < -0.4 is 0 Å². The predicted octanol–water partition coefficient (Wildman–Crippen LogP) is 2.44. The van der Waals surface area contributed by atoms with Crippen LogP contribution in [-0.2, 0) is 0 Å². The summed E-state index contributed by atoms with van der Waals surface area (Å²) in [6.45, 7) is 0. The smallest absolute Gasteiger partial charge is 0.0329 e. The van der Waals surface area contributed by atoms with Crippen molar-refractivity contribution in [3.63, 3.8) is 0 Å². The fraction of sp³-hybridized carbons (Fsp3) is 1.00. The molecule has 0 heterocycles. The van der Waals surface area contributed by atoms with Gasteiger partial charge in [-0.1, -0.05) is 19.3 Å².